The van der Waals surface area contributed by atoms with Crippen LogP contribution in [0, 0.1) is 5.92 Å². The molecule has 5 nitrogen and oxygen atoms in total. The normalized spacial score (nSPS) is 13.4. The number of benzene rings is 2. The van der Waals surface area contributed by atoms with Gasteiger partial charge < -0.3 is 15.4 Å². The van der Waals surface area contributed by atoms with Crippen molar-refractivity contribution in [3.05, 3.63) is 71.9 Å². The highest BCUT2D eigenvalue weighted by Crippen LogP contribution is 2.23. The quantitative estimate of drug-likeness (QED) is 0.673. The van der Waals surface area contributed by atoms with E-state index in [4.69, 9.17) is 0 Å². The number of rotatable bonds is 5. The monoisotopic (exact) mass is 322 g/mol. The third kappa shape index (κ3) is 3.15. The van der Waals surface area contributed by atoms with Crippen LogP contribution in [-0.4, -0.2) is 22.0 Å². The molecule has 0 saturated carbocycles. The fourth-order valence-electron chi connectivity index (χ4n) is 2.71. The highest BCUT2D eigenvalue weighted by atomic mass is 16.4. The van der Waals surface area contributed by atoms with E-state index in [2.05, 4.69) is 10.3 Å². The molecule has 3 rings (SSSR count). The van der Waals surface area contributed by atoms with E-state index in [9.17, 15) is 14.7 Å². The second-order valence-corrected chi connectivity index (χ2v) is 5.77. The number of aliphatic carboxylic acids is 1. The minimum atomic E-state index is -0.955. The number of H-pyrrole nitrogens is 1. The molecule has 0 aliphatic heterocycles. The lowest BCUT2D eigenvalue weighted by atomic mass is 9.94. The second kappa shape index (κ2) is 6.58. The Morgan fingerprint density at radius 2 is 1.83 bits per heavy atom. The minimum absolute atomic E-state index is 0.298. The van der Waals surface area contributed by atoms with Crippen LogP contribution in [0.5, 0.6) is 0 Å². The summed E-state index contributed by atoms with van der Waals surface area (Å²) in [4.78, 5) is 27.1. The number of aromatic amines is 1. The van der Waals surface area contributed by atoms with Gasteiger partial charge in [-0.15, -0.1) is 0 Å². The third-order valence-electron chi connectivity index (χ3n) is 4.15. The lowest BCUT2D eigenvalue weighted by molar-refractivity contribution is -0.142. The summed E-state index contributed by atoms with van der Waals surface area (Å²) in [7, 11) is 0. The first-order valence-electron chi connectivity index (χ1n) is 7.72. The van der Waals surface area contributed by atoms with Crippen LogP contribution in [0.3, 0.4) is 0 Å². The minimum Gasteiger partial charge on any atom is -0.481 e. The number of amides is 1. The van der Waals surface area contributed by atoms with E-state index in [1.54, 1.807) is 19.1 Å². The average molecular weight is 322 g/mol. The Morgan fingerprint density at radius 1 is 1.08 bits per heavy atom. The fraction of sp³-hybridized carbons (Fsp3) is 0.158. The van der Waals surface area contributed by atoms with Gasteiger partial charge in [-0.2, -0.15) is 0 Å². The van der Waals surface area contributed by atoms with Gasteiger partial charge in [-0.3, -0.25) is 9.59 Å². The van der Waals surface area contributed by atoms with Crippen LogP contribution >= 0.6 is 0 Å². The predicted octanol–water partition coefficient (Wildman–Crippen LogP) is 3.36. The molecule has 0 spiro atoms. The molecule has 0 saturated heterocycles. The van der Waals surface area contributed by atoms with Crippen LogP contribution < -0.4 is 5.32 Å². The van der Waals surface area contributed by atoms with Gasteiger partial charge in [0.2, 0.25) is 0 Å². The molecule has 0 aliphatic rings. The first-order chi connectivity index (χ1) is 11.6. The maximum atomic E-state index is 12.6. The van der Waals surface area contributed by atoms with Crippen LogP contribution in [-0.2, 0) is 4.79 Å². The van der Waals surface area contributed by atoms with E-state index in [0.29, 0.717) is 5.56 Å². The summed E-state index contributed by atoms with van der Waals surface area (Å²) in [6.07, 6.45) is 1.81. The summed E-state index contributed by atoms with van der Waals surface area (Å²) in [5.74, 6) is -2.00. The maximum absolute atomic E-state index is 12.6. The largest absolute Gasteiger partial charge is 0.481 e. The number of carbonyl (C=O) groups excluding carboxylic acids is 1. The molecule has 0 fully saturated rings. The van der Waals surface area contributed by atoms with Crippen molar-refractivity contribution in [1.82, 2.24) is 10.3 Å². The SMILES string of the molecule is C[C@H](C(=O)O)[C@H](NC(=O)c1ccc2cc[nH]c2c1)c1ccccc1. The van der Waals surface area contributed by atoms with Crippen LogP contribution in [0.15, 0.2) is 60.8 Å². The highest BCUT2D eigenvalue weighted by Gasteiger charge is 2.27. The zero-order valence-electron chi connectivity index (χ0n) is 13.2. The molecule has 1 amide bonds. The third-order valence-corrected chi connectivity index (χ3v) is 4.15. The zero-order valence-corrected chi connectivity index (χ0v) is 13.2. The molecule has 0 bridgehead atoms. The number of nitrogens with one attached hydrogen (secondary N) is 2. The van der Waals surface area contributed by atoms with E-state index in [1.165, 1.54) is 0 Å². The molecule has 122 valence electrons. The lowest BCUT2D eigenvalue weighted by Gasteiger charge is -2.23. The number of hydrogen-bond acceptors (Lipinski definition) is 2. The van der Waals surface area contributed by atoms with Gasteiger partial charge in [-0.1, -0.05) is 36.4 Å². The average Bonchev–Trinajstić information content (AvgIpc) is 3.07. The smallest absolute Gasteiger partial charge is 0.308 e. The van der Waals surface area contributed by atoms with E-state index in [1.807, 2.05) is 48.7 Å². The van der Waals surface area contributed by atoms with Crippen LogP contribution in [0.1, 0.15) is 28.9 Å². The van der Waals surface area contributed by atoms with Crippen LogP contribution in [0.4, 0.5) is 0 Å². The van der Waals surface area contributed by atoms with Gasteiger partial charge >= 0.3 is 5.97 Å². The van der Waals surface area contributed by atoms with Crippen molar-refractivity contribution in [2.24, 2.45) is 5.92 Å². The van der Waals surface area contributed by atoms with Gasteiger partial charge in [0, 0.05) is 17.3 Å². The molecule has 1 heterocycles. The number of carboxylic acids is 1. The molecule has 0 aliphatic carbocycles. The molecule has 2 aromatic carbocycles. The molecule has 1 aromatic heterocycles. The van der Waals surface area contributed by atoms with Crippen molar-refractivity contribution in [2.75, 3.05) is 0 Å². The predicted molar refractivity (Wildman–Crippen MR) is 91.7 cm³/mol. The van der Waals surface area contributed by atoms with E-state index in [0.717, 1.165) is 16.5 Å². The summed E-state index contributed by atoms with van der Waals surface area (Å²) < 4.78 is 0. The first-order valence-corrected chi connectivity index (χ1v) is 7.72. The fourth-order valence-corrected chi connectivity index (χ4v) is 2.71. The lowest BCUT2D eigenvalue weighted by Crippen LogP contribution is -2.35. The van der Waals surface area contributed by atoms with Crippen molar-refractivity contribution in [1.29, 1.82) is 0 Å². The van der Waals surface area contributed by atoms with Gasteiger partial charge in [0.1, 0.15) is 0 Å². The van der Waals surface area contributed by atoms with Crippen molar-refractivity contribution in [3.63, 3.8) is 0 Å². The van der Waals surface area contributed by atoms with Crippen molar-refractivity contribution < 1.29 is 14.7 Å². The Hall–Kier alpha value is -3.08. The Morgan fingerprint density at radius 3 is 2.54 bits per heavy atom. The molecule has 5 heteroatoms. The topological polar surface area (TPSA) is 82.2 Å². The molecular weight excluding hydrogens is 304 g/mol. The molecule has 24 heavy (non-hydrogen) atoms. The summed E-state index contributed by atoms with van der Waals surface area (Å²) in [5.41, 5.74) is 2.12. The Labute approximate surface area is 139 Å². The van der Waals surface area contributed by atoms with E-state index in [-0.39, 0.29) is 5.91 Å². The highest BCUT2D eigenvalue weighted by molar-refractivity contribution is 5.98. The van der Waals surface area contributed by atoms with Crippen molar-refractivity contribution in [2.45, 2.75) is 13.0 Å². The number of fused-ring (bicyclic) bond motifs is 1. The summed E-state index contributed by atoms with van der Waals surface area (Å²) in [6.45, 7) is 1.59. The van der Waals surface area contributed by atoms with Crippen molar-refractivity contribution in [3.8, 4) is 0 Å². The summed E-state index contributed by atoms with van der Waals surface area (Å²) >= 11 is 0. The molecule has 0 radical (unpaired) electrons. The number of carbonyl (C=O) groups is 2. The number of hydrogen-bond donors (Lipinski definition) is 3. The molecule has 2 atom stereocenters. The van der Waals surface area contributed by atoms with Gasteiger partial charge in [0.15, 0.2) is 0 Å². The Balaban J connectivity index is 1.88. The van der Waals surface area contributed by atoms with E-state index >= 15 is 0 Å². The molecular formula is C19H18N2O3. The number of carboxylic acid groups (broad SMARTS) is 1. The second-order valence-electron chi connectivity index (χ2n) is 5.77. The first kappa shape index (κ1) is 15.8. The van der Waals surface area contributed by atoms with Crippen LogP contribution in [0.2, 0.25) is 0 Å². The van der Waals surface area contributed by atoms with Gasteiger partial charge in [0.25, 0.3) is 5.91 Å². The zero-order chi connectivity index (χ0) is 17.1. The van der Waals surface area contributed by atoms with E-state index < -0.39 is 17.9 Å². The van der Waals surface area contributed by atoms with Crippen LogP contribution in [0.25, 0.3) is 10.9 Å². The molecule has 3 aromatic rings. The Kier molecular flexibility index (Phi) is 4.33. The van der Waals surface area contributed by atoms with Crippen molar-refractivity contribution >= 4 is 22.8 Å². The van der Waals surface area contributed by atoms with Gasteiger partial charge in [0.05, 0.1) is 12.0 Å². The summed E-state index contributed by atoms with van der Waals surface area (Å²) in [5, 5.41) is 13.2. The standard InChI is InChI=1S/C19H18N2O3/c1-12(19(23)24)17(14-5-3-2-4-6-14)21-18(22)15-8-7-13-9-10-20-16(13)11-15/h2-12,17,20H,1H3,(H,21,22)(H,23,24)/t12-,17-/m0/s1. The molecule has 0 unspecified atom stereocenters. The summed E-state index contributed by atoms with van der Waals surface area (Å²) in [6, 6.07) is 15.8. The van der Waals surface area contributed by atoms with Gasteiger partial charge in [-0.05, 0) is 36.1 Å². The molecule has 3 N–H and O–H groups in total. The Bertz CT molecular complexity index is 870. The number of aromatic nitrogens is 1. The van der Waals surface area contributed by atoms with Gasteiger partial charge in [-0.25, -0.2) is 0 Å². The maximum Gasteiger partial charge on any atom is 0.308 e.